The first-order valence-corrected chi connectivity index (χ1v) is 7.67. The zero-order valence-corrected chi connectivity index (χ0v) is 12.9. The van der Waals surface area contributed by atoms with Crippen LogP contribution in [0.15, 0.2) is 60.7 Å². The van der Waals surface area contributed by atoms with E-state index in [1.165, 1.54) is 12.1 Å². The summed E-state index contributed by atoms with van der Waals surface area (Å²) in [5, 5.41) is 13.4. The van der Waals surface area contributed by atoms with Crippen LogP contribution in [0, 0.1) is 10.1 Å². The van der Waals surface area contributed by atoms with Crippen LogP contribution >= 0.6 is 0 Å². The molecule has 0 aliphatic carbocycles. The number of hydrogen-bond donors (Lipinski definition) is 1. The van der Waals surface area contributed by atoms with Gasteiger partial charge >= 0.3 is 0 Å². The fourth-order valence-corrected chi connectivity index (χ4v) is 2.59. The third kappa shape index (κ3) is 3.41. The summed E-state index contributed by atoms with van der Waals surface area (Å²) in [6, 6.07) is 14.1. The van der Waals surface area contributed by atoms with Gasteiger partial charge in [0.05, 0.1) is 4.92 Å². The maximum Gasteiger partial charge on any atom is 0.269 e. The van der Waals surface area contributed by atoms with Crippen LogP contribution < -0.4 is 5.32 Å². The summed E-state index contributed by atoms with van der Waals surface area (Å²) in [6.45, 7) is 0. The van der Waals surface area contributed by atoms with Crippen molar-refractivity contribution in [2.75, 3.05) is 5.32 Å². The molecule has 0 radical (unpaired) electrons. The van der Waals surface area contributed by atoms with Gasteiger partial charge in [-0.2, -0.15) is 0 Å². The van der Waals surface area contributed by atoms with Crippen molar-refractivity contribution in [2.45, 2.75) is 12.8 Å². The van der Waals surface area contributed by atoms with Gasteiger partial charge < -0.3 is 5.32 Å². The third-order valence-electron chi connectivity index (χ3n) is 3.81. The molecular weight excluding hydrogens is 304 g/mol. The molecule has 120 valence electrons. The van der Waals surface area contributed by atoms with Crippen LogP contribution in [0.4, 0.5) is 11.4 Å². The molecule has 0 saturated heterocycles. The van der Waals surface area contributed by atoms with Crippen molar-refractivity contribution in [3.05, 3.63) is 81.9 Å². The van der Waals surface area contributed by atoms with Gasteiger partial charge in [-0.3, -0.25) is 14.9 Å². The Labute approximate surface area is 139 Å². The molecule has 5 heteroatoms. The number of nitrogens with one attached hydrogen (secondary N) is 1. The Kier molecular flexibility index (Phi) is 4.52. The molecule has 1 amide bonds. The fourth-order valence-electron chi connectivity index (χ4n) is 2.59. The van der Waals surface area contributed by atoms with Crippen LogP contribution in [0.5, 0.6) is 0 Å². The smallest absolute Gasteiger partial charge is 0.269 e. The van der Waals surface area contributed by atoms with Gasteiger partial charge in [-0.25, -0.2) is 0 Å². The van der Waals surface area contributed by atoms with E-state index < -0.39 is 4.92 Å². The molecule has 1 aliphatic heterocycles. The number of anilines is 1. The topological polar surface area (TPSA) is 72.2 Å². The molecule has 3 rings (SSSR count). The molecule has 5 nitrogen and oxygen atoms in total. The Morgan fingerprint density at radius 1 is 1.04 bits per heavy atom. The van der Waals surface area contributed by atoms with Crippen molar-refractivity contribution < 1.29 is 9.72 Å². The average Bonchev–Trinajstić information content (AvgIpc) is 2.90. The van der Waals surface area contributed by atoms with Crippen LogP contribution in [-0.2, 0) is 4.79 Å². The van der Waals surface area contributed by atoms with Crippen molar-refractivity contribution in [3.8, 4) is 0 Å². The Bertz CT molecular complexity index is 836. The molecule has 2 aromatic carbocycles. The second kappa shape index (κ2) is 6.91. The summed E-state index contributed by atoms with van der Waals surface area (Å²) in [6.07, 6.45) is 7.40. The van der Waals surface area contributed by atoms with Gasteiger partial charge in [0.2, 0.25) is 0 Å². The van der Waals surface area contributed by atoms with Gasteiger partial charge in [-0.1, -0.05) is 36.4 Å². The Morgan fingerprint density at radius 2 is 1.79 bits per heavy atom. The molecule has 0 fully saturated rings. The van der Waals surface area contributed by atoms with E-state index in [0.717, 1.165) is 29.7 Å². The van der Waals surface area contributed by atoms with Crippen molar-refractivity contribution >= 4 is 28.9 Å². The number of non-ortho nitro benzene ring substituents is 1. The van der Waals surface area contributed by atoms with Crippen LogP contribution in [0.1, 0.15) is 24.0 Å². The van der Waals surface area contributed by atoms with E-state index in [1.807, 2.05) is 42.5 Å². The highest BCUT2D eigenvalue weighted by Gasteiger charge is 2.22. The third-order valence-corrected chi connectivity index (χ3v) is 3.81. The van der Waals surface area contributed by atoms with E-state index in [9.17, 15) is 14.9 Å². The van der Waals surface area contributed by atoms with E-state index >= 15 is 0 Å². The number of para-hydroxylation sites is 1. The Hall–Kier alpha value is -3.21. The molecule has 0 atom stereocenters. The predicted molar refractivity (Wildman–Crippen MR) is 94.4 cm³/mol. The van der Waals surface area contributed by atoms with E-state index in [1.54, 1.807) is 12.1 Å². The summed E-state index contributed by atoms with van der Waals surface area (Å²) < 4.78 is 0. The van der Waals surface area contributed by atoms with Crippen molar-refractivity contribution in [1.29, 1.82) is 0 Å². The zero-order valence-electron chi connectivity index (χ0n) is 12.9. The summed E-state index contributed by atoms with van der Waals surface area (Å²) in [5.74, 6) is -0.0597. The molecule has 0 saturated carbocycles. The maximum absolute atomic E-state index is 12.0. The number of allylic oxidation sites excluding steroid dienone is 2. The summed E-state index contributed by atoms with van der Waals surface area (Å²) in [7, 11) is 0. The van der Waals surface area contributed by atoms with E-state index in [0.29, 0.717) is 5.57 Å². The number of carbonyl (C=O) groups excluding carboxylic acids is 1. The monoisotopic (exact) mass is 320 g/mol. The molecule has 1 aliphatic rings. The number of fused-ring (bicyclic) bond motifs is 1. The largest absolute Gasteiger partial charge is 0.321 e. The summed E-state index contributed by atoms with van der Waals surface area (Å²) >= 11 is 0. The number of nitro groups is 1. The average molecular weight is 320 g/mol. The SMILES string of the molecule is O=C1Nc2ccccc2/C1=C/CC/C=C/c1ccc([N+](=O)[O-])cc1. The molecule has 1 N–H and O–H groups in total. The highest BCUT2D eigenvalue weighted by atomic mass is 16.6. The first-order valence-electron chi connectivity index (χ1n) is 7.67. The second-order valence-electron chi connectivity index (χ2n) is 5.45. The van der Waals surface area contributed by atoms with Gasteiger partial charge in [-0.15, -0.1) is 0 Å². The Morgan fingerprint density at radius 3 is 2.54 bits per heavy atom. The number of nitro benzene ring substituents is 1. The van der Waals surface area contributed by atoms with Gasteiger partial charge in [0, 0.05) is 29.0 Å². The molecule has 0 unspecified atom stereocenters. The molecular formula is C19H16N2O3. The standard InChI is InChI=1S/C19H16N2O3/c22-19-17(16-7-4-5-9-18(16)20-19)8-3-1-2-6-14-10-12-15(13-11-14)21(23)24/h2,4-13H,1,3H2,(H,20,22)/b6-2+,17-8-. The van der Waals surface area contributed by atoms with Crippen molar-refractivity contribution in [3.63, 3.8) is 0 Å². The number of carbonyl (C=O) groups is 1. The lowest BCUT2D eigenvalue weighted by Crippen LogP contribution is -2.03. The lowest BCUT2D eigenvalue weighted by Gasteiger charge is -1.97. The minimum atomic E-state index is -0.413. The molecule has 2 aromatic rings. The van der Waals surface area contributed by atoms with E-state index in [4.69, 9.17) is 0 Å². The predicted octanol–water partition coefficient (Wildman–Crippen LogP) is 4.42. The van der Waals surface area contributed by atoms with E-state index in [2.05, 4.69) is 5.32 Å². The van der Waals surface area contributed by atoms with Crippen LogP contribution in [0.2, 0.25) is 0 Å². The molecule has 0 spiro atoms. The minimum absolute atomic E-state index is 0.0597. The number of hydrogen-bond acceptors (Lipinski definition) is 3. The molecule has 1 heterocycles. The highest BCUT2D eigenvalue weighted by Crippen LogP contribution is 2.31. The van der Waals surface area contributed by atoms with Crippen LogP contribution in [-0.4, -0.2) is 10.8 Å². The summed E-state index contributed by atoms with van der Waals surface area (Å²) in [4.78, 5) is 22.1. The Balaban J connectivity index is 1.59. The van der Waals surface area contributed by atoms with Crippen LogP contribution in [0.25, 0.3) is 11.6 Å². The second-order valence-corrected chi connectivity index (χ2v) is 5.45. The number of unbranched alkanes of at least 4 members (excludes halogenated alkanes) is 1. The first kappa shape index (κ1) is 15.7. The highest BCUT2D eigenvalue weighted by molar-refractivity contribution is 6.31. The van der Waals surface area contributed by atoms with E-state index in [-0.39, 0.29) is 11.6 Å². The lowest BCUT2D eigenvalue weighted by atomic mass is 10.1. The number of nitrogens with zero attached hydrogens (tertiary/aromatic N) is 1. The zero-order chi connectivity index (χ0) is 16.9. The summed E-state index contributed by atoms with van der Waals surface area (Å²) in [5.41, 5.74) is 3.52. The molecule has 24 heavy (non-hydrogen) atoms. The van der Waals surface area contributed by atoms with Crippen molar-refractivity contribution in [2.24, 2.45) is 0 Å². The number of amides is 1. The van der Waals surface area contributed by atoms with Crippen molar-refractivity contribution in [1.82, 2.24) is 0 Å². The molecule has 0 bridgehead atoms. The first-order chi connectivity index (χ1) is 11.6. The maximum atomic E-state index is 12.0. The lowest BCUT2D eigenvalue weighted by molar-refractivity contribution is -0.384. The van der Waals surface area contributed by atoms with Gasteiger partial charge in [0.1, 0.15) is 0 Å². The van der Waals surface area contributed by atoms with Gasteiger partial charge in [0.25, 0.3) is 11.6 Å². The normalized spacial score (nSPS) is 14.8. The van der Waals surface area contributed by atoms with Crippen LogP contribution in [0.3, 0.4) is 0 Å². The minimum Gasteiger partial charge on any atom is -0.321 e. The molecule has 0 aromatic heterocycles. The van der Waals surface area contributed by atoms with Gasteiger partial charge in [0.15, 0.2) is 0 Å². The fraction of sp³-hybridized carbons (Fsp3) is 0.105. The quantitative estimate of drug-likeness (QED) is 0.383. The number of benzene rings is 2. The number of rotatable bonds is 5. The van der Waals surface area contributed by atoms with Gasteiger partial charge in [-0.05, 0) is 36.6 Å².